The molecular formula is C20H28F3N3O4. The van der Waals surface area contributed by atoms with Gasteiger partial charge in [0.15, 0.2) is 0 Å². The molecule has 2 N–H and O–H groups in total. The molecule has 1 aromatic carbocycles. The van der Waals surface area contributed by atoms with Crippen LogP contribution >= 0.6 is 0 Å². The van der Waals surface area contributed by atoms with Gasteiger partial charge < -0.3 is 15.3 Å². The van der Waals surface area contributed by atoms with Crippen molar-refractivity contribution in [3.05, 3.63) is 28.8 Å². The first-order valence-electron chi connectivity index (χ1n) is 9.69. The number of nitrogen functional groups attached to an aromatic ring is 1. The van der Waals surface area contributed by atoms with E-state index in [-0.39, 0.29) is 35.9 Å². The van der Waals surface area contributed by atoms with Gasteiger partial charge >= 0.3 is 18.1 Å². The zero-order chi connectivity index (χ0) is 22.7. The summed E-state index contributed by atoms with van der Waals surface area (Å²) in [5.74, 6) is -1.25. The number of hydrogen-bond donors (Lipinski definition) is 1. The predicted molar refractivity (Wildman–Crippen MR) is 104 cm³/mol. The fourth-order valence-corrected chi connectivity index (χ4v) is 2.92. The average molecular weight is 431 g/mol. The molecule has 0 aromatic heterocycles. The molecule has 0 unspecified atom stereocenters. The first kappa shape index (κ1) is 23.9. The molecule has 0 spiro atoms. The van der Waals surface area contributed by atoms with Crippen molar-refractivity contribution in [2.24, 2.45) is 5.41 Å². The van der Waals surface area contributed by atoms with Gasteiger partial charge in [0.05, 0.1) is 23.1 Å². The second-order valence-corrected chi connectivity index (χ2v) is 8.15. The van der Waals surface area contributed by atoms with Gasteiger partial charge in [-0.05, 0) is 45.4 Å². The Labute approximate surface area is 173 Å². The molecule has 1 aromatic rings. The first-order chi connectivity index (χ1) is 13.8. The minimum atomic E-state index is -4.64. The summed E-state index contributed by atoms with van der Waals surface area (Å²) in [4.78, 5) is 31.0. The highest BCUT2D eigenvalue weighted by Gasteiger charge is 2.36. The smallest absolute Gasteiger partial charge is 0.416 e. The van der Waals surface area contributed by atoms with Crippen LogP contribution in [0.1, 0.15) is 49.2 Å². The van der Waals surface area contributed by atoms with Crippen LogP contribution in [0.2, 0.25) is 0 Å². The minimum Gasteiger partial charge on any atom is -0.462 e. The van der Waals surface area contributed by atoms with Crippen LogP contribution in [0.15, 0.2) is 12.1 Å². The number of piperazine rings is 1. The molecule has 30 heavy (non-hydrogen) atoms. The lowest BCUT2D eigenvalue weighted by Crippen LogP contribution is -2.47. The Kier molecular flexibility index (Phi) is 7.36. The van der Waals surface area contributed by atoms with Crippen molar-refractivity contribution >= 4 is 17.6 Å². The molecule has 7 nitrogen and oxygen atoms in total. The highest BCUT2D eigenvalue weighted by molar-refractivity contribution is 5.95. The third-order valence-electron chi connectivity index (χ3n) is 4.63. The van der Waals surface area contributed by atoms with Crippen molar-refractivity contribution in [2.75, 3.05) is 38.5 Å². The highest BCUT2D eigenvalue weighted by atomic mass is 19.4. The third-order valence-corrected chi connectivity index (χ3v) is 4.63. The summed E-state index contributed by atoms with van der Waals surface area (Å²) in [6.45, 7) is 8.40. The molecule has 2 rings (SSSR count). The molecule has 1 fully saturated rings. The van der Waals surface area contributed by atoms with E-state index < -0.39 is 23.1 Å². The topological polar surface area (TPSA) is 85.1 Å². The molecule has 0 aliphatic carbocycles. The van der Waals surface area contributed by atoms with Gasteiger partial charge in [0.25, 0.3) is 0 Å². The summed E-state index contributed by atoms with van der Waals surface area (Å²) in [5.41, 5.74) is 3.90. The van der Waals surface area contributed by atoms with E-state index in [0.29, 0.717) is 26.2 Å². The van der Waals surface area contributed by atoms with Crippen molar-refractivity contribution in [1.29, 1.82) is 0 Å². The number of hydroxylamine groups is 2. The van der Waals surface area contributed by atoms with Crippen molar-refractivity contribution < 1.29 is 32.3 Å². The maximum atomic E-state index is 13.6. The number of nitrogens with two attached hydrogens (primary N) is 1. The van der Waals surface area contributed by atoms with Crippen molar-refractivity contribution in [3.8, 4) is 0 Å². The van der Waals surface area contributed by atoms with Gasteiger partial charge in [0.2, 0.25) is 0 Å². The second kappa shape index (κ2) is 9.22. The van der Waals surface area contributed by atoms with Crippen molar-refractivity contribution in [1.82, 2.24) is 9.96 Å². The van der Waals surface area contributed by atoms with Gasteiger partial charge in [-0.15, -0.1) is 5.06 Å². The molecule has 0 bridgehead atoms. The van der Waals surface area contributed by atoms with Crippen LogP contribution in [0.4, 0.5) is 18.9 Å². The monoisotopic (exact) mass is 431 g/mol. The Bertz CT molecular complexity index is 783. The van der Waals surface area contributed by atoms with E-state index >= 15 is 0 Å². The molecule has 0 saturated carbocycles. The normalized spacial score (nSPS) is 16.4. The molecule has 0 radical (unpaired) electrons. The fraction of sp³-hybridized carbons (Fsp3) is 0.600. The zero-order valence-electron chi connectivity index (χ0n) is 17.6. The van der Waals surface area contributed by atoms with Gasteiger partial charge in [-0.3, -0.25) is 4.90 Å². The number of rotatable bonds is 5. The van der Waals surface area contributed by atoms with E-state index in [9.17, 15) is 22.8 Å². The lowest BCUT2D eigenvalue weighted by Gasteiger charge is -2.35. The van der Waals surface area contributed by atoms with Gasteiger partial charge in [0, 0.05) is 38.4 Å². The summed E-state index contributed by atoms with van der Waals surface area (Å²) in [7, 11) is 0. The number of benzene rings is 1. The largest absolute Gasteiger partial charge is 0.462 e. The van der Waals surface area contributed by atoms with Gasteiger partial charge in [-0.2, -0.15) is 13.2 Å². The number of hydrogen-bond acceptors (Lipinski definition) is 7. The molecular weight excluding hydrogens is 403 g/mol. The van der Waals surface area contributed by atoms with Crippen LogP contribution in [-0.4, -0.2) is 54.7 Å². The standard InChI is InChI=1S/C20H28F3N3O4/c1-5-29-17(27)14-11-15(20(21,22)23)13(10-16(14)24)12-25-6-8-26(9-7-25)30-18(28)19(2,3)4/h10-11H,5-9,12,24H2,1-4H3. The SMILES string of the molecule is CCOC(=O)c1cc(C(F)(F)F)c(CN2CCN(OC(=O)C(C)(C)C)CC2)cc1N. The molecule has 1 heterocycles. The van der Waals surface area contributed by atoms with E-state index in [0.717, 1.165) is 6.07 Å². The molecule has 1 aliphatic heterocycles. The number of carbonyl (C=O) groups is 2. The van der Waals surface area contributed by atoms with E-state index in [1.54, 1.807) is 27.7 Å². The second-order valence-electron chi connectivity index (χ2n) is 8.15. The molecule has 1 aliphatic rings. The number of esters is 1. The van der Waals surface area contributed by atoms with Crippen LogP contribution in [-0.2, 0) is 27.1 Å². The first-order valence-corrected chi connectivity index (χ1v) is 9.69. The number of nitrogens with zero attached hydrogens (tertiary/aromatic N) is 2. The quantitative estimate of drug-likeness (QED) is 0.566. The van der Waals surface area contributed by atoms with Gasteiger partial charge in [0.1, 0.15) is 0 Å². The number of halogens is 3. The lowest BCUT2D eigenvalue weighted by molar-refractivity contribution is -0.207. The van der Waals surface area contributed by atoms with Crippen LogP contribution in [0.5, 0.6) is 0 Å². The van der Waals surface area contributed by atoms with Crippen molar-refractivity contribution in [2.45, 2.75) is 40.4 Å². The zero-order valence-corrected chi connectivity index (χ0v) is 17.6. The van der Waals surface area contributed by atoms with Gasteiger partial charge in [-0.25, -0.2) is 9.59 Å². The molecule has 0 amide bonds. The number of alkyl halides is 3. The minimum absolute atomic E-state index is 0.00318. The predicted octanol–water partition coefficient (Wildman–Crippen LogP) is 3.09. The Hall–Kier alpha value is -2.33. The Balaban J connectivity index is 2.12. The van der Waals surface area contributed by atoms with E-state index in [4.69, 9.17) is 15.3 Å². The Morgan fingerprint density at radius 2 is 1.70 bits per heavy atom. The summed E-state index contributed by atoms with van der Waals surface area (Å²) >= 11 is 0. The summed E-state index contributed by atoms with van der Waals surface area (Å²) in [6.07, 6.45) is -4.64. The maximum Gasteiger partial charge on any atom is 0.416 e. The summed E-state index contributed by atoms with van der Waals surface area (Å²) in [5, 5.41) is 1.52. The van der Waals surface area contributed by atoms with Crippen LogP contribution in [0.3, 0.4) is 0 Å². The highest BCUT2D eigenvalue weighted by Crippen LogP contribution is 2.35. The Morgan fingerprint density at radius 3 is 2.20 bits per heavy atom. The Morgan fingerprint density at radius 1 is 1.10 bits per heavy atom. The maximum absolute atomic E-state index is 13.6. The molecule has 1 saturated heterocycles. The number of carbonyl (C=O) groups excluding carboxylic acids is 2. The van der Waals surface area contributed by atoms with Crippen molar-refractivity contribution in [3.63, 3.8) is 0 Å². The molecule has 10 heteroatoms. The van der Waals surface area contributed by atoms with E-state index in [1.165, 1.54) is 11.1 Å². The van der Waals surface area contributed by atoms with Gasteiger partial charge in [-0.1, -0.05) is 0 Å². The van der Waals surface area contributed by atoms with Crippen LogP contribution in [0.25, 0.3) is 0 Å². The lowest BCUT2D eigenvalue weighted by atomic mass is 9.98. The van der Waals surface area contributed by atoms with E-state index in [1.807, 2.05) is 4.90 Å². The molecule has 0 atom stereocenters. The number of anilines is 1. The number of ether oxygens (including phenoxy) is 1. The molecule has 168 valence electrons. The fourth-order valence-electron chi connectivity index (χ4n) is 2.92. The summed E-state index contributed by atoms with van der Waals surface area (Å²) in [6, 6.07) is 1.94. The third kappa shape index (κ3) is 6.09. The van der Waals surface area contributed by atoms with Crippen LogP contribution in [0, 0.1) is 5.41 Å². The average Bonchev–Trinajstić information content (AvgIpc) is 2.61. The summed E-state index contributed by atoms with van der Waals surface area (Å²) < 4.78 is 45.6. The van der Waals surface area contributed by atoms with E-state index in [2.05, 4.69) is 0 Å². The van der Waals surface area contributed by atoms with Crippen LogP contribution < -0.4 is 5.73 Å².